The first kappa shape index (κ1) is 20.3. The molecule has 1 aromatic heterocycles. The van der Waals surface area contributed by atoms with E-state index in [0.29, 0.717) is 11.6 Å². The Morgan fingerprint density at radius 3 is 2.63 bits per heavy atom. The van der Waals surface area contributed by atoms with Crippen LogP contribution in [0.15, 0.2) is 30.5 Å². The normalized spacial score (nSPS) is 11.0. The lowest BCUT2D eigenvalue weighted by atomic mass is 10.1. The standard InChI is InChI=1S/C17H20F3N5O2/c1-4-27-12-5-6-14(13(9-12)17(18,19)20)24-16(26)22-10-11-7-8-21-15(23-11)25(2)3/h5-9H,4,10H2,1-3H3,(H2,22,24,26). The molecule has 10 heteroatoms. The van der Waals surface area contributed by atoms with Crippen LogP contribution in [0.25, 0.3) is 0 Å². The van der Waals surface area contributed by atoms with Crippen molar-refractivity contribution in [3.63, 3.8) is 0 Å². The summed E-state index contributed by atoms with van der Waals surface area (Å²) in [6.45, 7) is 1.94. The van der Waals surface area contributed by atoms with Gasteiger partial charge in [0.15, 0.2) is 0 Å². The zero-order valence-electron chi connectivity index (χ0n) is 15.1. The number of nitrogens with zero attached hydrogens (tertiary/aromatic N) is 3. The number of rotatable bonds is 6. The van der Waals surface area contributed by atoms with E-state index in [1.54, 1.807) is 32.0 Å². The Balaban J connectivity index is 2.08. The van der Waals surface area contributed by atoms with Crippen LogP contribution in [0.1, 0.15) is 18.2 Å². The number of urea groups is 1. The summed E-state index contributed by atoms with van der Waals surface area (Å²) >= 11 is 0. The third-order valence-corrected chi connectivity index (χ3v) is 3.39. The SMILES string of the molecule is CCOc1ccc(NC(=O)NCc2ccnc(N(C)C)n2)c(C(F)(F)F)c1. The molecule has 0 aliphatic heterocycles. The van der Waals surface area contributed by atoms with Gasteiger partial charge < -0.3 is 20.3 Å². The number of hydrogen-bond acceptors (Lipinski definition) is 5. The number of hydrogen-bond donors (Lipinski definition) is 2. The number of carbonyl (C=O) groups is 1. The Bertz CT molecular complexity index is 796. The number of benzene rings is 1. The third kappa shape index (κ3) is 5.73. The summed E-state index contributed by atoms with van der Waals surface area (Å²) in [4.78, 5) is 22.0. The number of nitrogens with one attached hydrogen (secondary N) is 2. The van der Waals surface area contributed by atoms with Crippen LogP contribution in [0.3, 0.4) is 0 Å². The molecule has 0 aliphatic rings. The molecule has 0 spiro atoms. The van der Waals surface area contributed by atoms with Crippen molar-refractivity contribution in [3.8, 4) is 5.75 Å². The Hall–Kier alpha value is -3.04. The van der Waals surface area contributed by atoms with Crippen molar-refractivity contribution in [2.45, 2.75) is 19.6 Å². The smallest absolute Gasteiger partial charge is 0.418 e. The Morgan fingerprint density at radius 2 is 2.00 bits per heavy atom. The van der Waals surface area contributed by atoms with Gasteiger partial charge in [-0.1, -0.05) is 0 Å². The van der Waals surface area contributed by atoms with Crippen LogP contribution in [0.4, 0.5) is 29.6 Å². The van der Waals surface area contributed by atoms with Crippen molar-refractivity contribution >= 4 is 17.7 Å². The van der Waals surface area contributed by atoms with Crippen molar-refractivity contribution in [3.05, 3.63) is 41.7 Å². The topological polar surface area (TPSA) is 79.4 Å². The summed E-state index contributed by atoms with van der Waals surface area (Å²) in [5.41, 5.74) is -0.827. The van der Waals surface area contributed by atoms with Crippen LogP contribution in [0.2, 0.25) is 0 Å². The number of carbonyl (C=O) groups excluding carboxylic acids is 1. The second kappa shape index (κ2) is 8.56. The number of ether oxygens (including phenoxy) is 1. The van der Waals surface area contributed by atoms with Gasteiger partial charge in [0, 0.05) is 20.3 Å². The molecule has 0 saturated carbocycles. The molecule has 0 fully saturated rings. The fourth-order valence-electron chi connectivity index (χ4n) is 2.16. The zero-order chi connectivity index (χ0) is 20.0. The van der Waals surface area contributed by atoms with Crippen LogP contribution in [-0.4, -0.2) is 36.7 Å². The van der Waals surface area contributed by atoms with Gasteiger partial charge in [0.1, 0.15) is 5.75 Å². The zero-order valence-corrected chi connectivity index (χ0v) is 15.1. The molecular weight excluding hydrogens is 363 g/mol. The van der Waals surface area contributed by atoms with Crippen molar-refractivity contribution in [1.29, 1.82) is 0 Å². The van der Waals surface area contributed by atoms with Crippen molar-refractivity contribution < 1.29 is 22.7 Å². The maximum atomic E-state index is 13.2. The molecule has 1 heterocycles. The minimum atomic E-state index is -4.64. The highest BCUT2D eigenvalue weighted by atomic mass is 19.4. The molecule has 0 atom stereocenters. The van der Waals surface area contributed by atoms with Crippen LogP contribution in [-0.2, 0) is 12.7 Å². The summed E-state index contributed by atoms with van der Waals surface area (Å²) in [5.74, 6) is 0.536. The van der Waals surface area contributed by atoms with E-state index in [1.807, 2.05) is 0 Å². The summed E-state index contributed by atoms with van der Waals surface area (Å²) in [7, 11) is 3.54. The quantitative estimate of drug-likeness (QED) is 0.800. The van der Waals surface area contributed by atoms with E-state index in [2.05, 4.69) is 20.6 Å². The van der Waals surface area contributed by atoms with E-state index in [9.17, 15) is 18.0 Å². The predicted octanol–water partition coefficient (Wildman–Crippen LogP) is 3.28. The summed E-state index contributed by atoms with van der Waals surface area (Å²) in [5, 5.41) is 4.69. The summed E-state index contributed by atoms with van der Waals surface area (Å²) in [6, 6.07) is 4.19. The van der Waals surface area contributed by atoms with Crippen molar-refractivity contribution in [1.82, 2.24) is 15.3 Å². The van der Waals surface area contributed by atoms with Gasteiger partial charge in [0.2, 0.25) is 5.95 Å². The van der Waals surface area contributed by atoms with E-state index in [4.69, 9.17) is 4.74 Å². The lowest BCUT2D eigenvalue weighted by molar-refractivity contribution is -0.137. The molecule has 7 nitrogen and oxygen atoms in total. The molecular formula is C17H20F3N5O2. The number of amides is 2. The average Bonchev–Trinajstić information content (AvgIpc) is 2.61. The first-order valence-electron chi connectivity index (χ1n) is 8.09. The number of alkyl halides is 3. The predicted molar refractivity (Wildman–Crippen MR) is 94.8 cm³/mol. The molecule has 146 valence electrons. The molecule has 0 aliphatic carbocycles. The first-order valence-corrected chi connectivity index (χ1v) is 8.09. The molecule has 2 amide bonds. The monoisotopic (exact) mass is 383 g/mol. The molecule has 1 aromatic carbocycles. The molecule has 0 radical (unpaired) electrons. The lowest BCUT2D eigenvalue weighted by Crippen LogP contribution is -2.29. The highest BCUT2D eigenvalue weighted by Crippen LogP contribution is 2.37. The van der Waals surface area contributed by atoms with Crippen LogP contribution in [0.5, 0.6) is 5.75 Å². The van der Waals surface area contributed by atoms with Crippen molar-refractivity contribution in [2.75, 3.05) is 30.9 Å². The van der Waals surface area contributed by atoms with Gasteiger partial charge in [0.25, 0.3) is 0 Å². The second-order valence-electron chi connectivity index (χ2n) is 5.69. The molecule has 2 aromatic rings. The van der Waals surface area contributed by atoms with E-state index in [1.165, 1.54) is 12.3 Å². The maximum absolute atomic E-state index is 13.2. The average molecular weight is 383 g/mol. The van der Waals surface area contributed by atoms with E-state index in [-0.39, 0.29) is 24.6 Å². The third-order valence-electron chi connectivity index (χ3n) is 3.39. The van der Waals surface area contributed by atoms with E-state index < -0.39 is 17.8 Å². The van der Waals surface area contributed by atoms with Gasteiger partial charge in [-0.3, -0.25) is 0 Å². The molecule has 0 unspecified atom stereocenters. The summed E-state index contributed by atoms with van der Waals surface area (Å²) in [6.07, 6.45) is -3.10. The lowest BCUT2D eigenvalue weighted by Gasteiger charge is -2.16. The van der Waals surface area contributed by atoms with Gasteiger partial charge in [0.05, 0.1) is 30.1 Å². The molecule has 27 heavy (non-hydrogen) atoms. The number of aromatic nitrogens is 2. The fraction of sp³-hybridized carbons (Fsp3) is 0.353. The highest BCUT2D eigenvalue weighted by Gasteiger charge is 2.34. The van der Waals surface area contributed by atoms with Gasteiger partial charge >= 0.3 is 12.2 Å². The number of anilines is 2. The first-order chi connectivity index (χ1) is 12.7. The Kier molecular flexibility index (Phi) is 6.43. The van der Waals surface area contributed by atoms with Gasteiger partial charge in [-0.25, -0.2) is 14.8 Å². The Morgan fingerprint density at radius 1 is 1.26 bits per heavy atom. The molecule has 0 bridgehead atoms. The van der Waals surface area contributed by atoms with Gasteiger partial charge in [-0.15, -0.1) is 0 Å². The van der Waals surface area contributed by atoms with Gasteiger partial charge in [-0.05, 0) is 31.2 Å². The highest BCUT2D eigenvalue weighted by molar-refractivity contribution is 5.90. The molecule has 2 N–H and O–H groups in total. The summed E-state index contributed by atoms with van der Waals surface area (Å²) < 4.78 is 44.8. The Labute approximate surface area is 154 Å². The molecule has 2 rings (SSSR count). The van der Waals surface area contributed by atoms with Crippen LogP contribution < -0.4 is 20.3 Å². The minimum absolute atomic E-state index is 0.0353. The number of halogens is 3. The largest absolute Gasteiger partial charge is 0.494 e. The minimum Gasteiger partial charge on any atom is -0.494 e. The van der Waals surface area contributed by atoms with Crippen LogP contribution >= 0.6 is 0 Å². The van der Waals surface area contributed by atoms with Gasteiger partial charge in [-0.2, -0.15) is 13.2 Å². The van der Waals surface area contributed by atoms with E-state index in [0.717, 1.165) is 12.1 Å². The second-order valence-corrected chi connectivity index (χ2v) is 5.69. The maximum Gasteiger partial charge on any atom is 0.418 e. The molecule has 0 saturated heterocycles. The van der Waals surface area contributed by atoms with E-state index >= 15 is 0 Å². The van der Waals surface area contributed by atoms with Crippen molar-refractivity contribution in [2.24, 2.45) is 0 Å². The fourth-order valence-corrected chi connectivity index (χ4v) is 2.16. The van der Waals surface area contributed by atoms with Crippen LogP contribution in [0, 0.1) is 0 Å².